The van der Waals surface area contributed by atoms with Crippen LogP contribution in [0.5, 0.6) is 0 Å². The Morgan fingerprint density at radius 1 is 0.221 bits per heavy atom. The molecule has 0 fully saturated rings. The molecule has 6 nitrogen and oxygen atoms in total. The lowest BCUT2D eigenvalue weighted by Crippen LogP contribution is -2.27. The highest BCUT2D eigenvalue weighted by Crippen LogP contribution is 2.56. The number of nitrogens with zero attached hydrogens (tertiary/aromatic N) is 6. The van der Waals surface area contributed by atoms with Gasteiger partial charge in [0.1, 0.15) is 0 Å². The Hall–Kier alpha value is -9.00. The lowest BCUT2D eigenvalue weighted by atomic mass is 9.60. The van der Waals surface area contributed by atoms with Crippen molar-refractivity contribution in [2.45, 2.75) is 11.8 Å². The van der Waals surface area contributed by atoms with Crippen molar-refractivity contribution >= 4 is 0 Å². The maximum atomic E-state index is 5.12. The van der Waals surface area contributed by atoms with Gasteiger partial charge in [-0.25, -0.2) is 24.9 Å². The smallest absolute Gasteiger partial charge is 0.164 e. The highest BCUT2D eigenvalue weighted by atomic mass is 15.0. The minimum absolute atomic E-state index is 0.0820. The summed E-state index contributed by atoms with van der Waals surface area (Å²) in [7, 11) is 0. The summed E-state index contributed by atoms with van der Waals surface area (Å²) < 4.78 is 0. The fraction of sp³-hybridized carbons (Fsp3) is 0.0323. The van der Waals surface area contributed by atoms with Gasteiger partial charge in [-0.15, -0.1) is 0 Å². The molecule has 2 unspecified atom stereocenters. The first-order chi connectivity index (χ1) is 33.7. The van der Waals surface area contributed by atoms with Crippen molar-refractivity contribution in [1.82, 2.24) is 29.9 Å². The number of hydrogen-bond donors (Lipinski definition) is 0. The average molecular weight is 869 g/mol. The van der Waals surface area contributed by atoms with E-state index in [1.165, 1.54) is 38.9 Å². The quantitative estimate of drug-likeness (QED) is 0.151. The highest BCUT2D eigenvalue weighted by molar-refractivity contribution is 5.78. The van der Waals surface area contributed by atoms with Crippen LogP contribution < -0.4 is 0 Å². The largest absolute Gasteiger partial charge is 0.256 e. The third-order valence-electron chi connectivity index (χ3n) is 13.4. The Balaban J connectivity index is 0.851. The molecule has 0 saturated heterocycles. The first-order valence-corrected chi connectivity index (χ1v) is 23.0. The van der Waals surface area contributed by atoms with Crippen LogP contribution >= 0.6 is 0 Å². The van der Waals surface area contributed by atoms with Gasteiger partial charge in [0.05, 0.1) is 17.1 Å². The average Bonchev–Trinajstić information content (AvgIpc) is 3.43. The van der Waals surface area contributed by atoms with Crippen molar-refractivity contribution in [1.29, 1.82) is 0 Å². The molecule has 0 amide bonds. The molecule has 14 rings (SSSR count). The van der Waals surface area contributed by atoms with E-state index in [0.717, 1.165) is 61.6 Å². The van der Waals surface area contributed by atoms with Gasteiger partial charge in [0.25, 0.3) is 0 Å². The van der Waals surface area contributed by atoms with Gasteiger partial charge in [0.2, 0.25) is 0 Å². The molecule has 3 aliphatic carbocycles. The lowest BCUT2D eigenvalue weighted by Gasteiger charge is -2.42. The molecule has 0 saturated carbocycles. The van der Waals surface area contributed by atoms with E-state index < -0.39 is 0 Å². The van der Waals surface area contributed by atoms with Gasteiger partial charge in [-0.2, -0.15) is 0 Å². The molecule has 6 heteroatoms. The summed E-state index contributed by atoms with van der Waals surface area (Å²) in [5.74, 6) is 2.85. The maximum absolute atomic E-state index is 5.12. The van der Waals surface area contributed by atoms with Crippen molar-refractivity contribution in [2.75, 3.05) is 0 Å². The molecule has 3 aromatic heterocycles. The van der Waals surface area contributed by atoms with Crippen molar-refractivity contribution in [3.63, 3.8) is 0 Å². The lowest BCUT2D eigenvalue weighted by molar-refractivity contribution is 0.755. The van der Waals surface area contributed by atoms with Gasteiger partial charge in [-0.05, 0) is 74.8 Å². The van der Waals surface area contributed by atoms with Gasteiger partial charge in [-0.3, -0.25) is 4.98 Å². The Kier molecular flexibility index (Phi) is 9.53. The SMILES string of the molecule is c1ccc(-c2nc(-c3ccc(-c4ccc5c(c4)C4c6ccccc6C5c5cc(-c6nc(-c7ccccc7)nc(-c7ccccc7)n6)ccc54)cc3)cc(-c3ccc(-c4ccccn4)cc3)n2)cc1. The standard InChI is InChI=1S/C62H40N6/c1-4-14-43(15-5-1)59-64-55(38-56(65-59)42-29-27-40(28-30-42)54-22-12-13-35-63-54)41-25-23-39(24-26-41)46-31-33-50-52(36-46)57-48-20-10-11-21-49(48)58(50)53-37-47(32-34-51(53)57)62-67-60(44-16-6-2-7-17-44)66-61(68-62)45-18-8-3-9-19-45/h1-38,57-58H. The van der Waals surface area contributed by atoms with Crippen LogP contribution in [0.25, 0.3) is 90.5 Å². The van der Waals surface area contributed by atoms with E-state index in [-0.39, 0.29) is 11.8 Å². The number of benzene rings is 8. The molecule has 2 atom stereocenters. The van der Waals surface area contributed by atoms with Crippen LogP contribution in [0, 0.1) is 0 Å². The second-order valence-electron chi connectivity index (χ2n) is 17.4. The van der Waals surface area contributed by atoms with E-state index in [2.05, 4.69) is 157 Å². The number of aromatic nitrogens is 6. The van der Waals surface area contributed by atoms with Crippen LogP contribution in [0.2, 0.25) is 0 Å². The molecule has 3 aliphatic rings. The fourth-order valence-electron chi connectivity index (χ4n) is 10.1. The van der Waals surface area contributed by atoms with E-state index in [0.29, 0.717) is 23.3 Å². The molecular weight excluding hydrogens is 829 g/mol. The molecule has 318 valence electrons. The zero-order valence-electron chi connectivity index (χ0n) is 36.8. The van der Waals surface area contributed by atoms with E-state index in [4.69, 9.17) is 24.9 Å². The van der Waals surface area contributed by atoms with Gasteiger partial charge in [0.15, 0.2) is 23.3 Å². The Bertz CT molecular complexity index is 3600. The third-order valence-corrected chi connectivity index (χ3v) is 13.4. The van der Waals surface area contributed by atoms with Crippen molar-refractivity contribution in [2.24, 2.45) is 0 Å². The summed E-state index contributed by atoms with van der Waals surface area (Å²) in [5, 5.41) is 0. The van der Waals surface area contributed by atoms with Crippen LogP contribution in [0.15, 0.2) is 231 Å². The summed E-state index contributed by atoms with van der Waals surface area (Å²) >= 11 is 0. The van der Waals surface area contributed by atoms with Gasteiger partial charge < -0.3 is 0 Å². The van der Waals surface area contributed by atoms with Crippen LogP contribution in [0.3, 0.4) is 0 Å². The van der Waals surface area contributed by atoms with Crippen LogP contribution in [0.1, 0.15) is 45.2 Å². The van der Waals surface area contributed by atoms with Crippen molar-refractivity contribution in [3.05, 3.63) is 264 Å². The topological polar surface area (TPSA) is 77.3 Å². The van der Waals surface area contributed by atoms with Gasteiger partial charge in [0, 0.05) is 57.0 Å². The summed E-state index contributed by atoms with van der Waals surface area (Å²) in [6.07, 6.45) is 1.82. The predicted molar refractivity (Wildman–Crippen MR) is 271 cm³/mol. The highest BCUT2D eigenvalue weighted by Gasteiger charge is 2.41. The molecule has 0 N–H and O–H groups in total. The van der Waals surface area contributed by atoms with Crippen molar-refractivity contribution in [3.8, 4) is 90.5 Å². The minimum atomic E-state index is 0.0820. The van der Waals surface area contributed by atoms with E-state index in [9.17, 15) is 0 Å². The summed E-state index contributed by atoms with van der Waals surface area (Å²) in [6.45, 7) is 0. The number of hydrogen-bond acceptors (Lipinski definition) is 6. The Labute approximate surface area is 394 Å². The van der Waals surface area contributed by atoms with Crippen LogP contribution in [0.4, 0.5) is 0 Å². The molecule has 68 heavy (non-hydrogen) atoms. The Morgan fingerprint density at radius 2 is 0.588 bits per heavy atom. The third kappa shape index (κ3) is 6.98. The normalized spacial score (nSPS) is 14.2. The number of rotatable bonds is 8. The predicted octanol–water partition coefficient (Wildman–Crippen LogP) is 14.4. The zero-order valence-corrected chi connectivity index (χ0v) is 36.8. The first-order valence-electron chi connectivity index (χ1n) is 23.0. The van der Waals surface area contributed by atoms with Crippen LogP contribution in [-0.4, -0.2) is 29.9 Å². The van der Waals surface area contributed by atoms with Gasteiger partial charge in [-0.1, -0.05) is 194 Å². The van der Waals surface area contributed by atoms with Crippen LogP contribution in [-0.2, 0) is 0 Å². The van der Waals surface area contributed by atoms with Gasteiger partial charge >= 0.3 is 0 Å². The second-order valence-corrected chi connectivity index (χ2v) is 17.4. The molecule has 3 heterocycles. The minimum Gasteiger partial charge on any atom is -0.256 e. The summed E-state index contributed by atoms with van der Waals surface area (Å²) in [6, 6.07) is 78.7. The molecule has 0 radical (unpaired) electrons. The molecule has 0 aliphatic heterocycles. The molecule has 11 aromatic rings. The Morgan fingerprint density at radius 3 is 1.07 bits per heavy atom. The molecule has 2 bridgehead atoms. The molecular formula is C62H40N6. The first kappa shape index (κ1) is 39.4. The summed E-state index contributed by atoms with van der Waals surface area (Å²) in [4.78, 5) is 29.9. The molecule has 0 spiro atoms. The van der Waals surface area contributed by atoms with Crippen molar-refractivity contribution < 1.29 is 0 Å². The molecule has 8 aromatic carbocycles. The fourth-order valence-corrected chi connectivity index (χ4v) is 10.1. The van der Waals surface area contributed by atoms with E-state index in [1.54, 1.807) is 0 Å². The monoisotopic (exact) mass is 868 g/mol. The van der Waals surface area contributed by atoms with E-state index >= 15 is 0 Å². The zero-order chi connectivity index (χ0) is 45.0. The maximum Gasteiger partial charge on any atom is 0.164 e. The number of pyridine rings is 1. The summed E-state index contributed by atoms with van der Waals surface area (Å²) in [5.41, 5.74) is 20.1. The second kappa shape index (κ2) is 16.5. The van der Waals surface area contributed by atoms with E-state index in [1.807, 2.05) is 79.0 Å².